The van der Waals surface area contributed by atoms with Gasteiger partial charge in [-0.25, -0.2) is 17.6 Å². The number of benzene rings is 2. The van der Waals surface area contributed by atoms with Gasteiger partial charge in [0.1, 0.15) is 11.6 Å². The molecule has 1 saturated heterocycles. The Morgan fingerprint density at radius 1 is 0.880 bits per heavy atom. The molecule has 0 amide bonds. The topological polar surface area (TPSA) is 0 Å². The van der Waals surface area contributed by atoms with Crippen LogP contribution in [0.1, 0.15) is 37.7 Å². The molecule has 2 aromatic carbocycles. The molecule has 5 heteroatoms. The first-order valence-electron chi connectivity index (χ1n) is 8.94. The van der Waals surface area contributed by atoms with Crippen LogP contribution in [0.4, 0.5) is 17.6 Å². The van der Waals surface area contributed by atoms with Gasteiger partial charge in [0.2, 0.25) is 0 Å². The van der Waals surface area contributed by atoms with Crippen molar-refractivity contribution < 1.29 is 17.6 Å². The van der Waals surface area contributed by atoms with Gasteiger partial charge in [0.25, 0.3) is 0 Å². The second-order valence-electron chi connectivity index (χ2n) is 6.99. The molecule has 3 rings (SSSR count). The number of rotatable bonds is 4. The van der Waals surface area contributed by atoms with E-state index in [-0.39, 0.29) is 17.0 Å². The van der Waals surface area contributed by atoms with Crippen LogP contribution in [-0.4, -0.2) is 8.80 Å². The molecule has 0 N–H and O–H groups in total. The molecule has 1 aliphatic heterocycles. The summed E-state index contributed by atoms with van der Waals surface area (Å²) in [5.41, 5.74) is 0.404. The quantitative estimate of drug-likeness (QED) is 0.432. The van der Waals surface area contributed by atoms with E-state index in [4.69, 9.17) is 0 Å². The maximum absolute atomic E-state index is 14.5. The Hall–Kier alpha value is -1.62. The van der Waals surface area contributed by atoms with Crippen LogP contribution in [0.25, 0.3) is 11.1 Å². The molecule has 25 heavy (non-hydrogen) atoms. The summed E-state index contributed by atoms with van der Waals surface area (Å²) in [6, 6.07) is 9.46. The smallest absolute Gasteiger partial charge is 0.159 e. The van der Waals surface area contributed by atoms with Gasteiger partial charge in [-0.2, -0.15) is 0 Å². The number of halogens is 4. The zero-order valence-corrected chi connectivity index (χ0v) is 15.5. The molecule has 0 bridgehead atoms. The first kappa shape index (κ1) is 18.2. The SMILES string of the molecule is CCC[SiH]1CCC(c2cc(F)c(-c3ccc(F)c(F)c3)c(F)c2)CC1. The Bertz CT molecular complexity index is 728. The van der Waals surface area contributed by atoms with Crippen LogP contribution in [0.2, 0.25) is 18.1 Å². The van der Waals surface area contributed by atoms with Gasteiger partial charge in [-0.3, -0.25) is 0 Å². The lowest BCUT2D eigenvalue weighted by Gasteiger charge is -2.28. The fourth-order valence-electron chi connectivity index (χ4n) is 3.95. The Labute approximate surface area is 147 Å². The van der Waals surface area contributed by atoms with Gasteiger partial charge in [0.05, 0.1) is 5.56 Å². The van der Waals surface area contributed by atoms with Gasteiger partial charge in [-0.15, -0.1) is 0 Å². The lowest BCUT2D eigenvalue weighted by Crippen LogP contribution is -2.20. The highest BCUT2D eigenvalue weighted by Gasteiger charge is 2.25. The van der Waals surface area contributed by atoms with E-state index in [9.17, 15) is 17.6 Å². The molecule has 0 unspecified atom stereocenters. The van der Waals surface area contributed by atoms with Crippen LogP contribution in [0.15, 0.2) is 30.3 Å². The molecular formula is C20H22F4Si. The predicted octanol–water partition coefficient (Wildman–Crippen LogP) is 6.42. The van der Waals surface area contributed by atoms with Crippen molar-refractivity contribution in [3.05, 3.63) is 59.2 Å². The van der Waals surface area contributed by atoms with Crippen molar-refractivity contribution in [2.24, 2.45) is 0 Å². The standard InChI is InChI=1S/C20H22F4Si/c1-2-7-25-8-5-13(6-9-25)15-11-18(23)20(19(24)12-15)14-3-4-16(21)17(22)10-14/h3-4,10-13,25H,2,5-9H2,1H3. The summed E-state index contributed by atoms with van der Waals surface area (Å²) >= 11 is 0. The molecule has 0 aliphatic carbocycles. The van der Waals surface area contributed by atoms with E-state index in [1.807, 2.05) is 0 Å². The van der Waals surface area contributed by atoms with Crippen LogP contribution in [0.5, 0.6) is 0 Å². The minimum absolute atomic E-state index is 0.0134. The monoisotopic (exact) mass is 366 g/mol. The number of hydrogen-bond donors (Lipinski definition) is 0. The average Bonchev–Trinajstić information content (AvgIpc) is 2.58. The Balaban J connectivity index is 1.84. The minimum atomic E-state index is -1.11. The van der Waals surface area contributed by atoms with Crippen molar-refractivity contribution >= 4 is 8.80 Å². The molecule has 0 atom stereocenters. The van der Waals surface area contributed by atoms with Crippen molar-refractivity contribution in [2.75, 3.05) is 0 Å². The molecule has 1 heterocycles. The Kier molecular flexibility index (Phi) is 5.62. The summed E-state index contributed by atoms with van der Waals surface area (Å²) in [5.74, 6) is -3.37. The van der Waals surface area contributed by atoms with E-state index < -0.39 is 32.1 Å². The van der Waals surface area contributed by atoms with Crippen molar-refractivity contribution in [3.8, 4) is 11.1 Å². The van der Waals surface area contributed by atoms with Crippen LogP contribution < -0.4 is 0 Å². The van der Waals surface area contributed by atoms with Crippen molar-refractivity contribution in [2.45, 2.75) is 50.2 Å². The fraction of sp³-hybridized carbons (Fsp3) is 0.400. The van der Waals surface area contributed by atoms with Crippen molar-refractivity contribution in [1.29, 1.82) is 0 Å². The molecule has 0 nitrogen and oxygen atoms in total. The molecule has 134 valence electrons. The average molecular weight is 366 g/mol. The van der Waals surface area contributed by atoms with Gasteiger partial charge in [-0.1, -0.05) is 37.5 Å². The summed E-state index contributed by atoms with van der Waals surface area (Å²) in [6.45, 7) is 2.21. The van der Waals surface area contributed by atoms with Gasteiger partial charge >= 0.3 is 0 Å². The predicted molar refractivity (Wildman–Crippen MR) is 95.5 cm³/mol. The van der Waals surface area contributed by atoms with Crippen molar-refractivity contribution in [1.82, 2.24) is 0 Å². The van der Waals surface area contributed by atoms with Crippen LogP contribution in [-0.2, 0) is 0 Å². The molecule has 0 aromatic heterocycles. The fourth-order valence-corrected chi connectivity index (χ4v) is 7.38. The van der Waals surface area contributed by atoms with Gasteiger partial charge in [0.15, 0.2) is 11.6 Å². The molecule has 2 aromatic rings. The maximum Gasteiger partial charge on any atom is 0.159 e. The highest BCUT2D eigenvalue weighted by molar-refractivity contribution is 6.59. The largest absolute Gasteiger partial charge is 0.206 e. The zero-order valence-electron chi connectivity index (χ0n) is 14.3. The molecular weight excluding hydrogens is 344 g/mol. The van der Waals surface area contributed by atoms with Crippen LogP contribution in [0, 0.1) is 23.3 Å². The van der Waals surface area contributed by atoms with Crippen LogP contribution in [0.3, 0.4) is 0 Å². The van der Waals surface area contributed by atoms with E-state index >= 15 is 0 Å². The molecule has 0 saturated carbocycles. The molecule has 1 aliphatic rings. The molecule has 1 fully saturated rings. The third-order valence-electron chi connectivity index (χ3n) is 5.29. The van der Waals surface area contributed by atoms with E-state index in [1.54, 1.807) is 0 Å². The summed E-state index contributed by atoms with van der Waals surface area (Å²) in [5, 5.41) is 0. The van der Waals surface area contributed by atoms with E-state index in [0.717, 1.165) is 25.0 Å². The van der Waals surface area contributed by atoms with Crippen LogP contribution >= 0.6 is 0 Å². The maximum atomic E-state index is 14.5. The minimum Gasteiger partial charge on any atom is -0.206 e. The molecule has 0 spiro atoms. The highest BCUT2D eigenvalue weighted by atomic mass is 28.3. The highest BCUT2D eigenvalue weighted by Crippen LogP contribution is 2.37. The third-order valence-corrected chi connectivity index (χ3v) is 8.98. The molecule has 0 radical (unpaired) electrons. The second-order valence-corrected chi connectivity index (χ2v) is 10.5. The lowest BCUT2D eigenvalue weighted by atomic mass is 9.91. The zero-order chi connectivity index (χ0) is 18.0. The normalized spacial score (nSPS) is 20.7. The summed E-state index contributed by atoms with van der Waals surface area (Å²) < 4.78 is 55.5. The Morgan fingerprint density at radius 2 is 1.52 bits per heavy atom. The number of hydrogen-bond acceptors (Lipinski definition) is 0. The van der Waals surface area contributed by atoms with E-state index in [0.29, 0.717) is 5.56 Å². The third kappa shape index (κ3) is 3.97. The van der Waals surface area contributed by atoms with E-state index in [1.165, 1.54) is 42.8 Å². The van der Waals surface area contributed by atoms with E-state index in [2.05, 4.69) is 6.92 Å². The van der Waals surface area contributed by atoms with Gasteiger partial charge in [0, 0.05) is 8.80 Å². The van der Waals surface area contributed by atoms with Crippen molar-refractivity contribution in [3.63, 3.8) is 0 Å². The Morgan fingerprint density at radius 3 is 2.08 bits per heavy atom. The second kappa shape index (κ2) is 7.73. The summed E-state index contributed by atoms with van der Waals surface area (Å²) in [4.78, 5) is 0. The summed E-state index contributed by atoms with van der Waals surface area (Å²) in [6.07, 6.45) is 3.23. The lowest BCUT2D eigenvalue weighted by molar-refractivity contribution is 0.508. The van der Waals surface area contributed by atoms with Gasteiger partial charge in [-0.05, 0) is 54.2 Å². The first-order chi connectivity index (χ1) is 12.0. The summed E-state index contributed by atoms with van der Waals surface area (Å²) in [7, 11) is -0.647. The van der Waals surface area contributed by atoms with Gasteiger partial charge < -0.3 is 0 Å². The first-order valence-corrected chi connectivity index (χ1v) is 11.4.